The molecule has 2 rings (SSSR count). The highest BCUT2D eigenvalue weighted by Crippen LogP contribution is 2.41. The van der Waals surface area contributed by atoms with Crippen LogP contribution in [-0.4, -0.2) is 27.9 Å². The van der Waals surface area contributed by atoms with Crippen molar-refractivity contribution >= 4 is 17.2 Å². The highest BCUT2D eigenvalue weighted by atomic mass is 32.1. The van der Waals surface area contributed by atoms with Crippen molar-refractivity contribution in [1.29, 1.82) is 0 Å². The van der Waals surface area contributed by atoms with Crippen molar-refractivity contribution in [3.05, 3.63) is 34.2 Å². The fraction of sp³-hybridized carbons (Fsp3) is 0.364. The number of nitrogens with zero attached hydrogens (tertiary/aromatic N) is 1. The number of rotatable bonds is 1. The second-order valence-corrected chi connectivity index (χ2v) is 5.41. The van der Waals surface area contributed by atoms with Crippen LogP contribution < -0.4 is 5.43 Å². The summed E-state index contributed by atoms with van der Waals surface area (Å²) in [7, 11) is 0. The van der Waals surface area contributed by atoms with Crippen LogP contribution in [0.25, 0.3) is 0 Å². The molecule has 1 aliphatic heterocycles. The van der Waals surface area contributed by atoms with E-state index in [0.717, 1.165) is 4.88 Å². The van der Waals surface area contributed by atoms with E-state index in [2.05, 4.69) is 12.0 Å². The van der Waals surface area contributed by atoms with Gasteiger partial charge in [0.25, 0.3) is 11.6 Å². The SMILES string of the molecule is C=C1CC(O)(C(F)(F)F)N(C(=O)c2csc(C)c2)N1. The number of hydrazine groups is 1. The molecule has 19 heavy (non-hydrogen) atoms. The van der Waals surface area contributed by atoms with E-state index in [1.165, 1.54) is 22.8 Å². The van der Waals surface area contributed by atoms with Crippen molar-refractivity contribution in [3.8, 4) is 0 Å². The summed E-state index contributed by atoms with van der Waals surface area (Å²) in [5.41, 5.74) is -1.06. The zero-order valence-corrected chi connectivity index (χ0v) is 10.7. The Hall–Kier alpha value is -1.54. The quantitative estimate of drug-likeness (QED) is 0.834. The Morgan fingerprint density at radius 3 is 2.74 bits per heavy atom. The van der Waals surface area contributed by atoms with Gasteiger partial charge in [0.05, 0.1) is 5.56 Å². The Bertz CT molecular complexity index is 540. The minimum Gasteiger partial charge on any atom is -0.362 e. The predicted octanol–water partition coefficient (Wildman–Crippen LogP) is 2.17. The topological polar surface area (TPSA) is 52.6 Å². The lowest BCUT2D eigenvalue weighted by Crippen LogP contribution is -2.59. The molecule has 1 saturated heterocycles. The summed E-state index contributed by atoms with van der Waals surface area (Å²) in [5.74, 6) is -0.942. The van der Waals surface area contributed by atoms with Gasteiger partial charge in [-0.3, -0.25) is 10.2 Å². The minimum absolute atomic E-state index is 0.0693. The Labute approximate surface area is 111 Å². The number of nitrogens with one attached hydrogen (secondary N) is 1. The van der Waals surface area contributed by atoms with E-state index < -0.39 is 24.2 Å². The van der Waals surface area contributed by atoms with Gasteiger partial charge in [-0.05, 0) is 13.0 Å². The second-order valence-electron chi connectivity index (χ2n) is 4.29. The van der Waals surface area contributed by atoms with Gasteiger partial charge >= 0.3 is 6.18 Å². The van der Waals surface area contributed by atoms with E-state index in [4.69, 9.17) is 0 Å². The van der Waals surface area contributed by atoms with Gasteiger partial charge in [-0.25, -0.2) is 5.01 Å². The summed E-state index contributed by atoms with van der Waals surface area (Å²) >= 11 is 1.24. The van der Waals surface area contributed by atoms with Gasteiger partial charge in [-0.15, -0.1) is 11.3 Å². The van der Waals surface area contributed by atoms with Crippen LogP contribution in [-0.2, 0) is 0 Å². The molecule has 1 atom stereocenters. The molecule has 1 aliphatic rings. The summed E-state index contributed by atoms with van der Waals surface area (Å²) < 4.78 is 38.8. The fourth-order valence-corrected chi connectivity index (χ4v) is 2.47. The van der Waals surface area contributed by atoms with E-state index in [1.807, 2.05) is 0 Å². The van der Waals surface area contributed by atoms with Gasteiger partial charge in [0.15, 0.2) is 0 Å². The van der Waals surface area contributed by atoms with Crippen molar-refractivity contribution in [3.63, 3.8) is 0 Å². The van der Waals surface area contributed by atoms with Crippen LogP contribution in [0.1, 0.15) is 21.7 Å². The molecule has 0 bridgehead atoms. The van der Waals surface area contributed by atoms with Crippen LogP contribution in [0.15, 0.2) is 23.7 Å². The molecule has 0 spiro atoms. The number of aliphatic hydroxyl groups is 1. The number of halogens is 3. The third-order valence-corrected chi connectivity index (χ3v) is 3.60. The Morgan fingerprint density at radius 1 is 1.63 bits per heavy atom. The first kappa shape index (κ1) is 13.9. The lowest BCUT2D eigenvalue weighted by Gasteiger charge is -2.33. The predicted molar refractivity (Wildman–Crippen MR) is 63.1 cm³/mol. The molecule has 1 fully saturated rings. The first-order chi connectivity index (χ1) is 8.65. The lowest BCUT2D eigenvalue weighted by molar-refractivity contribution is -0.299. The van der Waals surface area contributed by atoms with E-state index in [1.54, 1.807) is 6.92 Å². The number of aryl methyl sites for hydroxylation is 1. The van der Waals surface area contributed by atoms with E-state index >= 15 is 0 Å². The standard InChI is InChI=1S/C11H11F3N2O2S/c1-6-4-10(18,11(12,13)14)16(15-6)9(17)8-3-7(2)19-5-8/h3,5,15,18H,1,4H2,2H3. The van der Waals surface area contributed by atoms with Gasteiger partial charge in [0.2, 0.25) is 0 Å². The molecular formula is C11H11F3N2O2S. The smallest absolute Gasteiger partial charge is 0.362 e. The first-order valence-corrected chi connectivity index (χ1v) is 6.16. The van der Waals surface area contributed by atoms with Gasteiger partial charge < -0.3 is 5.11 Å². The molecule has 2 N–H and O–H groups in total. The number of carbonyl (C=O) groups is 1. The van der Waals surface area contributed by atoms with Crippen LogP contribution >= 0.6 is 11.3 Å². The maximum absolute atomic E-state index is 12.9. The molecule has 0 aliphatic carbocycles. The molecule has 2 heterocycles. The Balaban J connectivity index is 2.37. The van der Waals surface area contributed by atoms with Crippen LogP contribution in [0.4, 0.5) is 13.2 Å². The zero-order chi connectivity index (χ0) is 14.4. The van der Waals surface area contributed by atoms with Crippen LogP contribution in [0.5, 0.6) is 0 Å². The highest BCUT2D eigenvalue weighted by Gasteiger charge is 2.63. The van der Waals surface area contributed by atoms with Gasteiger partial charge in [0, 0.05) is 22.4 Å². The summed E-state index contributed by atoms with van der Waals surface area (Å²) in [6.07, 6.45) is -5.76. The van der Waals surface area contributed by atoms with Gasteiger partial charge in [-0.1, -0.05) is 6.58 Å². The highest BCUT2D eigenvalue weighted by molar-refractivity contribution is 7.10. The number of carbonyl (C=O) groups excluding carboxylic acids is 1. The molecule has 1 aromatic rings. The lowest BCUT2D eigenvalue weighted by atomic mass is 10.1. The largest absolute Gasteiger partial charge is 0.438 e. The number of thiophene rings is 1. The maximum atomic E-state index is 12.9. The third kappa shape index (κ3) is 2.21. The average Bonchev–Trinajstić information content (AvgIpc) is 2.81. The number of amides is 1. The molecular weight excluding hydrogens is 281 g/mol. The molecule has 0 radical (unpaired) electrons. The van der Waals surface area contributed by atoms with Crippen molar-refractivity contribution in [2.45, 2.75) is 25.2 Å². The Morgan fingerprint density at radius 2 is 2.26 bits per heavy atom. The van der Waals surface area contributed by atoms with Crippen molar-refractivity contribution in [2.75, 3.05) is 0 Å². The molecule has 1 aromatic heterocycles. The normalized spacial score (nSPS) is 23.6. The Kier molecular flexibility index (Phi) is 3.10. The molecule has 1 unspecified atom stereocenters. The van der Waals surface area contributed by atoms with E-state index in [0.29, 0.717) is 0 Å². The number of alkyl halides is 3. The zero-order valence-electron chi connectivity index (χ0n) is 9.91. The average molecular weight is 292 g/mol. The van der Waals surface area contributed by atoms with Crippen molar-refractivity contribution in [2.24, 2.45) is 0 Å². The van der Waals surface area contributed by atoms with Crippen LogP contribution in [0.2, 0.25) is 0 Å². The molecule has 8 heteroatoms. The van der Waals surface area contributed by atoms with E-state index in [9.17, 15) is 23.1 Å². The summed E-state index contributed by atoms with van der Waals surface area (Å²) in [6, 6.07) is 1.46. The maximum Gasteiger partial charge on any atom is 0.438 e. The summed E-state index contributed by atoms with van der Waals surface area (Å²) in [6.45, 7) is 5.06. The molecule has 1 amide bonds. The van der Waals surface area contributed by atoms with E-state index in [-0.39, 0.29) is 16.3 Å². The number of hydrogen-bond donors (Lipinski definition) is 2. The minimum atomic E-state index is -4.97. The fourth-order valence-electron chi connectivity index (χ4n) is 1.80. The van der Waals surface area contributed by atoms with Gasteiger partial charge in [0.1, 0.15) is 0 Å². The molecule has 4 nitrogen and oxygen atoms in total. The van der Waals surface area contributed by atoms with Crippen LogP contribution in [0, 0.1) is 6.92 Å². The summed E-state index contributed by atoms with van der Waals surface area (Å²) in [4.78, 5) is 12.8. The molecule has 104 valence electrons. The first-order valence-electron chi connectivity index (χ1n) is 5.28. The third-order valence-electron chi connectivity index (χ3n) is 2.73. The van der Waals surface area contributed by atoms with Crippen molar-refractivity contribution in [1.82, 2.24) is 10.4 Å². The molecule has 0 aromatic carbocycles. The van der Waals surface area contributed by atoms with Crippen molar-refractivity contribution < 1.29 is 23.1 Å². The number of hydrogen-bond acceptors (Lipinski definition) is 4. The van der Waals surface area contributed by atoms with Crippen LogP contribution in [0.3, 0.4) is 0 Å². The monoisotopic (exact) mass is 292 g/mol. The summed E-state index contributed by atoms with van der Waals surface area (Å²) in [5, 5.41) is 11.4. The second kappa shape index (κ2) is 4.24. The van der Waals surface area contributed by atoms with Gasteiger partial charge in [-0.2, -0.15) is 13.2 Å². The molecule has 0 saturated carbocycles.